The number of aryl methyl sites for hydroxylation is 2. The van der Waals surface area contributed by atoms with Crippen LogP contribution in [-0.4, -0.2) is 15.3 Å². The lowest BCUT2D eigenvalue weighted by Gasteiger charge is -2.03. The molecule has 5 heteroatoms. The van der Waals surface area contributed by atoms with Gasteiger partial charge in [-0.25, -0.2) is 4.98 Å². The topological polar surface area (TPSA) is 54.9 Å². The van der Waals surface area contributed by atoms with Crippen molar-refractivity contribution < 1.29 is 4.79 Å². The van der Waals surface area contributed by atoms with E-state index in [9.17, 15) is 4.79 Å². The van der Waals surface area contributed by atoms with Gasteiger partial charge in [0.1, 0.15) is 5.82 Å². The summed E-state index contributed by atoms with van der Waals surface area (Å²) in [5, 5.41) is 3.26. The Balaban J connectivity index is 2.18. The summed E-state index contributed by atoms with van der Waals surface area (Å²) in [6, 6.07) is 7.44. The molecule has 16 heavy (non-hydrogen) atoms. The van der Waals surface area contributed by atoms with Crippen LogP contribution in [0, 0.1) is 13.8 Å². The minimum absolute atomic E-state index is 0.144. The number of amides is 1. The maximum absolute atomic E-state index is 11.9. The summed E-state index contributed by atoms with van der Waals surface area (Å²) in [4.78, 5) is 16.0. The second-order valence-electron chi connectivity index (χ2n) is 3.42. The monoisotopic (exact) mass is 233 g/mol. The van der Waals surface area contributed by atoms with Gasteiger partial charge in [-0.1, -0.05) is 18.2 Å². The van der Waals surface area contributed by atoms with Gasteiger partial charge in [0.15, 0.2) is 0 Å². The Labute approximate surface area is 97.5 Å². The number of anilines is 1. The first kappa shape index (κ1) is 10.8. The van der Waals surface area contributed by atoms with Crippen LogP contribution < -0.4 is 5.32 Å². The third-order valence-corrected chi connectivity index (χ3v) is 2.86. The van der Waals surface area contributed by atoms with Crippen LogP contribution in [0.4, 0.5) is 5.13 Å². The molecule has 0 aliphatic carbocycles. The summed E-state index contributed by atoms with van der Waals surface area (Å²) in [6.45, 7) is 3.69. The predicted molar refractivity (Wildman–Crippen MR) is 63.8 cm³/mol. The highest BCUT2D eigenvalue weighted by Crippen LogP contribution is 2.13. The molecule has 0 aliphatic rings. The Morgan fingerprint density at radius 2 is 2.06 bits per heavy atom. The van der Waals surface area contributed by atoms with Gasteiger partial charge in [-0.05, 0) is 25.5 Å². The SMILES string of the molecule is Cc1nsc(NC(=O)c2ccccc2C)n1. The maximum Gasteiger partial charge on any atom is 0.257 e. The average Bonchev–Trinajstić information content (AvgIpc) is 2.64. The zero-order chi connectivity index (χ0) is 11.5. The van der Waals surface area contributed by atoms with E-state index in [0.717, 1.165) is 5.56 Å². The van der Waals surface area contributed by atoms with Gasteiger partial charge < -0.3 is 0 Å². The molecule has 0 aliphatic heterocycles. The molecule has 1 aromatic carbocycles. The number of nitrogens with zero attached hydrogens (tertiary/aromatic N) is 2. The van der Waals surface area contributed by atoms with E-state index in [1.165, 1.54) is 11.5 Å². The van der Waals surface area contributed by atoms with Gasteiger partial charge in [0.2, 0.25) is 5.13 Å². The fourth-order valence-corrected chi connectivity index (χ4v) is 1.91. The van der Waals surface area contributed by atoms with E-state index in [1.807, 2.05) is 25.1 Å². The molecule has 4 nitrogen and oxygen atoms in total. The molecular formula is C11H11N3OS. The first-order valence-corrected chi connectivity index (χ1v) is 5.61. The molecule has 0 saturated heterocycles. The first-order valence-electron chi connectivity index (χ1n) is 4.84. The summed E-state index contributed by atoms with van der Waals surface area (Å²) in [6.07, 6.45) is 0. The van der Waals surface area contributed by atoms with Crippen LogP contribution in [0.15, 0.2) is 24.3 Å². The van der Waals surface area contributed by atoms with Crippen molar-refractivity contribution in [2.75, 3.05) is 5.32 Å². The van der Waals surface area contributed by atoms with Gasteiger partial charge in [-0.15, -0.1) is 0 Å². The molecule has 1 amide bonds. The Kier molecular flexibility index (Phi) is 2.96. The summed E-state index contributed by atoms with van der Waals surface area (Å²) in [7, 11) is 0. The summed E-state index contributed by atoms with van der Waals surface area (Å²) in [5.74, 6) is 0.527. The van der Waals surface area contributed by atoms with Crippen LogP contribution in [0.25, 0.3) is 0 Å². The van der Waals surface area contributed by atoms with Crippen molar-refractivity contribution in [3.63, 3.8) is 0 Å². The Morgan fingerprint density at radius 1 is 1.31 bits per heavy atom. The van der Waals surface area contributed by atoms with E-state index < -0.39 is 0 Å². The largest absolute Gasteiger partial charge is 0.297 e. The second kappa shape index (κ2) is 4.40. The van der Waals surface area contributed by atoms with E-state index in [4.69, 9.17) is 0 Å². The van der Waals surface area contributed by atoms with Crippen LogP contribution in [0.3, 0.4) is 0 Å². The fraction of sp³-hybridized carbons (Fsp3) is 0.182. The van der Waals surface area contributed by atoms with E-state index in [1.54, 1.807) is 13.0 Å². The average molecular weight is 233 g/mol. The molecular weight excluding hydrogens is 222 g/mol. The minimum Gasteiger partial charge on any atom is -0.297 e. The van der Waals surface area contributed by atoms with Gasteiger partial charge in [0, 0.05) is 17.1 Å². The molecule has 1 N–H and O–H groups in total. The Hall–Kier alpha value is -1.75. The number of hydrogen-bond donors (Lipinski definition) is 1. The van der Waals surface area contributed by atoms with Crippen molar-refractivity contribution in [2.45, 2.75) is 13.8 Å². The van der Waals surface area contributed by atoms with E-state index in [-0.39, 0.29) is 5.91 Å². The van der Waals surface area contributed by atoms with Crippen LogP contribution >= 0.6 is 11.5 Å². The highest BCUT2D eigenvalue weighted by molar-refractivity contribution is 7.09. The van der Waals surface area contributed by atoms with E-state index in [2.05, 4.69) is 14.7 Å². The van der Waals surface area contributed by atoms with Crippen molar-refractivity contribution >= 4 is 22.6 Å². The Bertz CT molecular complexity index is 521. The van der Waals surface area contributed by atoms with Crippen LogP contribution in [-0.2, 0) is 0 Å². The molecule has 0 saturated carbocycles. The number of nitrogens with one attached hydrogen (secondary N) is 1. The van der Waals surface area contributed by atoms with Gasteiger partial charge >= 0.3 is 0 Å². The predicted octanol–water partition coefficient (Wildman–Crippen LogP) is 2.41. The number of carbonyl (C=O) groups excluding carboxylic acids is 1. The highest BCUT2D eigenvalue weighted by atomic mass is 32.1. The van der Waals surface area contributed by atoms with Gasteiger partial charge in [-0.3, -0.25) is 10.1 Å². The van der Waals surface area contributed by atoms with Gasteiger partial charge in [0.05, 0.1) is 0 Å². The molecule has 0 spiro atoms. The number of hydrogen-bond acceptors (Lipinski definition) is 4. The fourth-order valence-electron chi connectivity index (χ4n) is 1.34. The summed E-state index contributed by atoms with van der Waals surface area (Å²) < 4.78 is 4.00. The van der Waals surface area contributed by atoms with E-state index in [0.29, 0.717) is 16.5 Å². The standard InChI is InChI=1S/C11H11N3OS/c1-7-5-3-4-6-9(7)10(15)13-11-12-8(2)14-16-11/h3-6H,1-2H3,(H,12,13,14,15). The third-order valence-electron chi connectivity index (χ3n) is 2.14. The van der Waals surface area contributed by atoms with Crippen LogP contribution in [0.2, 0.25) is 0 Å². The number of carbonyl (C=O) groups is 1. The quantitative estimate of drug-likeness (QED) is 0.866. The molecule has 0 radical (unpaired) electrons. The normalized spacial score (nSPS) is 10.1. The molecule has 0 fully saturated rings. The Morgan fingerprint density at radius 3 is 2.69 bits per heavy atom. The minimum atomic E-state index is -0.144. The number of aromatic nitrogens is 2. The molecule has 2 rings (SSSR count). The molecule has 2 aromatic rings. The smallest absolute Gasteiger partial charge is 0.257 e. The lowest BCUT2D eigenvalue weighted by atomic mass is 10.1. The van der Waals surface area contributed by atoms with Crippen molar-refractivity contribution in [1.29, 1.82) is 0 Å². The molecule has 1 heterocycles. The molecule has 0 unspecified atom stereocenters. The van der Waals surface area contributed by atoms with Crippen molar-refractivity contribution in [1.82, 2.24) is 9.36 Å². The molecule has 1 aromatic heterocycles. The van der Waals surface area contributed by atoms with Gasteiger partial charge in [-0.2, -0.15) is 4.37 Å². The lowest BCUT2D eigenvalue weighted by molar-refractivity contribution is 0.102. The molecule has 0 atom stereocenters. The third kappa shape index (κ3) is 2.25. The molecule has 82 valence electrons. The zero-order valence-corrected chi connectivity index (χ0v) is 9.84. The zero-order valence-electron chi connectivity index (χ0n) is 9.02. The number of benzene rings is 1. The lowest BCUT2D eigenvalue weighted by Crippen LogP contribution is -2.12. The van der Waals surface area contributed by atoms with Crippen molar-refractivity contribution in [3.05, 3.63) is 41.2 Å². The highest BCUT2D eigenvalue weighted by Gasteiger charge is 2.10. The maximum atomic E-state index is 11.9. The van der Waals surface area contributed by atoms with E-state index >= 15 is 0 Å². The van der Waals surface area contributed by atoms with Crippen LogP contribution in [0.5, 0.6) is 0 Å². The number of rotatable bonds is 2. The van der Waals surface area contributed by atoms with Crippen molar-refractivity contribution in [3.8, 4) is 0 Å². The first-order chi connectivity index (χ1) is 7.66. The van der Waals surface area contributed by atoms with Gasteiger partial charge in [0.25, 0.3) is 5.91 Å². The second-order valence-corrected chi connectivity index (χ2v) is 4.17. The summed E-state index contributed by atoms with van der Waals surface area (Å²) in [5.41, 5.74) is 1.61. The van der Waals surface area contributed by atoms with Crippen LogP contribution in [0.1, 0.15) is 21.7 Å². The van der Waals surface area contributed by atoms with Crippen molar-refractivity contribution in [2.24, 2.45) is 0 Å². The molecule has 0 bridgehead atoms. The summed E-state index contributed by atoms with van der Waals surface area (Å²) >= 11 is 1.19.